The highest BCUT2D eigenvalue weighted by Gasteiger charge is 2.17. The molecule has 2 amide bonds. The lowest BCUT2D eigenvalue weighted by molar-refractivity contribution is -0.127. The van der Waals surface area contributed by atoms with Crippen molar-refractivity contribution in [2.45, 2.75) is 19.4 Å². The lowest BCUT2D eigenvalue weighted by Crippen LogP contribution is -2.36. The Balaban J connectivity index is 1.88. The van der Waals surface area contributed by atoms with E-state index >= 15 is 0 Å². The van der Waals surface area contributed by atoms with E-state index in [2.05, 4.69) is 10.3 Å². The molecule has 1 aliphatic rings. The van der Waals surface area contributed by atoms with Crippen molar-refractivity contribution in [2.75, 3.05) is 20.6 Å². The highest BCUT2D eigenvalue weighted by atomic mass is 16.2. The molecule has 0 aliphatic carbocycles. The summed E-state index contributed by atoms with van der Waals surface area (Å²) in [6, 6.07) is 4.81. The molecule has 23 heavy (non-hydrogen) atoms. The molecule has 0 atom stereocenters. The van der Waals surface area contributed by atoms with Gasteiger partial charge in [-0.25, -0.2) is 4.98 Å². The zero-order valence-electron chi connectivity index (χ0n) is 13.1. The Kier molecular flexibility index (Phi) is 3.85. The van der Waals surface area contributed by atoms with E-state index in [9.17, 15) is 14.4 Å². The van der Waals surface area contributed by atoms with Crippen molar-refractivity contribution >= 4 is 22.7 Å². The fraction of sp³-hybridized carbons (Fsp3) is 0.375. The number of aromatic nitrogens is 2. The normalized spacial score (nSPS) is 13.0. The van der Waals surface area contributed by atoms with Crippen LogP contribution in [0.25, 0.3) is 10.9 Å². The lowest BCUT2D eigenvalue weighted by atomic mass is 10.1. The van der Waals surface area contributed by atoms with Gasteiger partial charge in [-0.05, 0) is 24.6 Å². The Morgan fingerprint density at radius 3 is 2.87 bits per heavy atom. The molecule has 0 radical (unpaired) electrons. The maximum absolute atomic E-state index is 12.4. The molecule has 0 spiro atoms. The largest absolute Gasteiger partial charge is 0.347 e. The molecule has 0 unspecified atom stereocenters. The molecule has 0 saturated heterocycles. The van der Waals surface area contributed by atoms with Crippen LogP contribution in [0.5, 0.6) is 0 Å². The third-order valence-electron chi connectivity index (χ3n) is 3.98. The van der Waals surface area contributed by atoms with E-state index in [1.54, 1.807) is 36.9 Å². The number of nitrogens with one attached hydrogen (secondary N) is 1. The minimum Gasteiger partial charge on any atom is -0.347 e. The number of aryl methyl sites for hydroxylation is 1. The number of hydrogen-bond acceptors (Lipinski definition) is 4. The molecule has 0 fully saturated rings. The first-order valence-corrected chi connectivity index (χ1v) is 7.49. The number of likely N-dealkylation sites (N-methyl/N-ethyl adjacent to an activating group) is 1. The van der Waals surface area contributed by atoms with Crippen LogP contribution in [0.15, 0.2) is 23.0 Å². The van der Waals surface area contributed by atoms with Gasteiger partial charge in [0.1, 0.15) is 5.82 Å². The number of amides is 2. The summed E-state index contributed by atoms with van der Waals surface area (Å²) in [5.41, 5.74) is 0.853. The van der Waals surface area contributed by atoms with Gasteiger partial charge in [-0.3, -0.25) is 19.0 Å². The van der Waals surface area contributed by atoms with Crippen LogP contribution in [0.4, 0.5) is 0 Å². The second-order valence-electron chi connectivity index (χ2n) is 5.79. The Morgan fingerprint density at radius 2 is 2.13 bits per heavy atom. The number of carbonyl (C=O) groups is 2. The van der Waals surface area contributed by atoms with Gasteiger partial charge in [-0.1, -0.05) is 0 Å². The van der Waals surface area contributed by atoms with Crippen LogP contribution < -0.4 is 10.9 Å². The average molecular weight is 314 g/mol. The minimum absolute atomic E-state index is 0.0581. The summed E-state index contributed by atoms with van der Waals surface area (Å²) >= 11 is 0. The Labute approximate surface area is 132 Å². The second-order valence-corrected chi connectivity index (χ2v) is 5.79. The molecular formula is C16H18N4O3. The number of nitrogens with zero attached hydrogens (tertiary/aromatic N) is 3. The van der Waals surface area contributed by atoms with Gasteiger partial charge in [0.05, 0.1) is 17.4 Å². The van der Waals surface area contributed by atoms with E-state index in [0.717, 1.165) is 18.7 Å². The van der Waals surface area contributed by atoms with Gasteiger partial charge in [0.2, 0.25) is 5.91 Å². The molecule has 1 aliphatic heterocycles. The summed E-state index contributed by atoms with van der Waals surface area (Å²) in [7, 11) is 3.25. The topological polar surface area (TPSA) is 84.3 Å². The van der Waals surface area contributed by atoms with Crippen LogP contribution in [0.2, 0.25) is 0 Å². The third kappa shape index (κ3) is 2.81. The van der Waals surface area contributed by atoms with Crippen molar-refractivity contribution in [1.29, 1.82) is 0 Å². The zero-order valence-corrected chi connectivity index (χ0v) is 13.1. The summed E-state index contributed by atoms with van der Waals surface area (Å²) in [6.07, 6.45) is 1.69. The molecule has 0 saturated carbocycles. The molecule has 7 nitrogen and oxygen atoms in total. The first-order valence-electron chi connectivity index (χ1n) is 7.49. The Bertz CT molecular complexity index is 854. The van der Waals surface area contributed by atoms with Crippen molar-refractivity contribution in [2.24, 2.45) is 0 Å². The van der Waals surface area contributed by atoms with Crippen LogP contribution in [-0.4, -0.2) is 46.9 Å². The molecule has 2 heterocycles. The van der Waals surface area contributed by atoms with Gasteiger partial charge in [-0.15, -0.1) is 0 Å². The fourth-order valence-electron chi connectivity index (χ4n) is 2.64. The average Bonchev–Trinajstić information content (AvgIpc) is 3.00. The van der Waals surface area contributed by atoms with Gasteiger partial charge in [0, 0.05) is 32.6 Å². The summed E-state index contributed by atoms with van der Waals surface area (Å²) in [5, 5.41) is 3.08. The summed E-state index contributed by atoms with van der Waals surface area (Å²) < 4.78 is 1.69. The third-order valence-corrected chi connectivity index (χ3v) is 3.98. The second kappa shape index (κ2) is 5.83. The number of rotatable bonds is 3. The van der Waals surface area contributed by atoms with Crippen LogP contribution in [0, 0.1) is 0 Å². The summed E-state index contributed by atoms with van der Waals surface area (Å²) in [4.78, 5) is 41.9. The first kappa shape index (κ1) is 15.2. The molecular weight excluding hydrogens is 296 g/mol. The molecule has 1 aromatic carbocycles. The minimum atomic E-state index is -0.357. The summed E-state index contributed by atoms with van der Waals surface area (Å²) in [6.45, 7) is 0.635. The van der Waals surface area contributed by atoms with E-state index in [1.807, 2.05) is 0 Å². The van der Waals surface area contributed by atoms with Crippen LogP contribution >= 0.6 is 0 Å². The molecule has 3 rings (SSSR count). The van der Waals surface area contributed by atoms with Crippen molar-refractivity contribution < 1.29 is 9.59 Å². The number of hydrogen-bond donors (Lipinski definition) is 1. The van der Waals surface area contributed by atoms with Gasteiger partial charge >= 0.3 is 0 Å². The van der Waals surface area contributed by atoms with Crippen molar-refractivity contribution in [3.8, 4) is 0 Å². The highest BCUT2D eigenvalue weighted by Crippen LogP contribution is 2.16. The Morgan fingerprint density at radius 1 is 1.35 bits per heavy atom. The van der Waals surface area contributed by atoms with Gasteiger partial charge in [0.15, 0.2) is 0 Å². The monoisotopic (exact) mass is 314 g/mol. The highest BCUT2D eigenvalue weighted by molar-refractivity contribution is 5.99. The maximum atomic E-state index is 12.4. The number of benzene rings is 1. The van der Waals surface area contributed by atoms with E-state index in [4.69, 9.17) is 0 Å². The van der Waals surface area contributed by atoms with Gasteiger partial charge < -0.3 is 10.2 Å². The van der Waals surface area contributed by atoms with E-state index in [1.165, 1.54) is 4.90 Å². The number of carbonyl (C=O) groups excluding carboxylic acids is 2. The molecule has 1 N–H and O–H groups in total. The first-order chi connectivity index (χ1) is 11.0. The van der Waals surface area contributed by atoms with E-state index in [-0.39, 0.29) is 23.9 Å². The molecule has 7 heteroatoms. The predicted molar refractivity (Wildman–Crippen MR) is 85.4 cm³/mol. The van der Waals surface area contributed by atoms with Crippen molar-refractivity contribution in [1.82, 2.24) is 19.8 Å². The molecule has 1 aromatic heterocycles. The van der Waals surface area contributed by atoms with Crippen LogP contribution in [0.3, 0.4) is 0 Å². The SMILES string of the molecule is CN(C)C(=O)CNC(=O)c1ccc2c(=O)n3c(nc2c1)CCC3. The van der Waals surface area contributed by atoms with Crippen molar-refractivity contribution in [3.63, 3.8) is 0 Å². The quantitative estimate of drug-likeness (QED) is 0.875. The van der Waals surface area contributed by atoms with Crippen LogP contribution in [0.1, 0.15) is 22.6 Å². The lowest BCUT2D eigenvalue weighted by Gasteiger charge is -2.11. The van der Waals surface area contributed by atoms with Crippen molar-refractivity contribution in [3.05, 3.63) is 39.9 Å². The van der Waals surface area contributed by atoms with Crippen LogP contribution in [-0.2, 0) is 17.8 Å². The van der Waals surface area contributed by atoms with E-state index in [0.29, 0.717) is 23.0 Å². The smallest absolute Gasteiger partial charge is 0.261 e. The summed E-state index contributed by atoms with van der Waals surface area (Å²) in [5.74, 6) is 0.223. The Hall–Kier alpha value is -2.70. The maximum Gasteiger partial charge on any atom is 0.261 e. The standard InChI is InChI=1S/C16H18N4O3/c1-19(2)14(21)9-17-15(22)10-5-6-11-12(8-10)18-13-4-3-7-20(13)16(11)23/h5-6,8H,3-4,7,9H2,1-2H3,(H,17,22). The van der Waals surface area contributed by atoms with Gasteiger partial charge in [-0.2, -0.15) is 0 Å². The fourth-order valence-corrected chi connectivity index (χ4v) is 2.64. The molecule has 120 valence electrons. The molecule has 2 aromatic rings. The van der Waals surface area contributed by atoms with Gasteiger partial charge in [0.25, 0.3) is 11.5 Å². The predicted octanol–water partition coefficient (Wildman–Crippen LogP) is 0.161. The number of fused-ring (bicyclic) bond motifs is 2. The zero-order chi connectivity index (χ0) is 16.6. The van der Waals surface area contributed by atoms with E-state index < -0.39 is 0 Å². The molecule has 0 bridgehead atoms.